The van der Waals surface area contributed by atoms with E-state index in [2.05, 4.69) is 29.4 Å². The molecule has 1 N–H and O–H groups in total. The summed E-state index contributed by atoms with van der Waals surface area (Å²) in [6, 6.07) is 8.27. The van der Waals surface area contributed by atoms with Gasteiger partial charge in [-0.1, -0.05) is 12.1 Å². The van der Waals surface area contributed by atoms with Crippen LogP contribution < -0.4 is 5.32 Å². The fourth-order valence-corrected chi connectivity index (χ4v) is 7.64. The van der Waals surface area contributed by atoms with Crippen molar-refractivity contribution >= 4 is 0 Å². The van der Waals surface area contributed by atoms with Gasteiger partial charge >= 0.3 is 0 Å². The highest BCUT2D eigenvalue weighted by Gasteiger charge is 2.57. The molecule has 0 aromatic heterocycles. The molecule has 5 fully saturated rings. The molecule has 5 aliphatic rings. The van der Waals surface area contributed by atoms with Gasteiger partial charge in [-0.15, -0.1) is 0 Å². The van der Waals surface area contributed by atoms with Gasteiger partial charge in [-0.3, -0.25) is 0 Å². The summed E-state index contributed by atoms with van der Waals surface area (Å²) >= 11 is 0. The third kappa shape index (κ3) is 3.46. The second-order valence-electron chi connectivity index (χ2n) is 10.5. The Morgan fingerprint density at radius 1 is 1.04 bits per heavy atom. The third-order valence-electron chi connectivity index (χ3n) is 8.45. The molecule has 4 bridgehead atoms. The summed E-state index contributed by atoms with van der Waals surface area (Å²) in [5, 5.41) is 3.90. The van der Waals surface area contributed by atoms with E-state index < -0.39 is 0 Å². The third-order valence-corrected chi connectivity index (χ3v) is 8.45. The second-order valence-corrected chi connectivity index (χ2v) is 10.5. The monoisotopic (exact) mass is 370 g/mol. The molecule has 4 aliphatic carbocycles. The molecule has 0 radical (unpaired) electrons. The first-order valence-electron chi connectivity index (χ1n) is 11.2. The molecule has 0 amide bonds. The van der Waals surface area contributed by atoms with Gasteiger partial charge in [0, 0.05) is 6.04 Å². The summed E-state index contributed by atoms with van der Waals surface area (Å²) < 4.78 is 13.5. The molecule has 3 heteroatoms. The zero-order valence-corrected chi connectivity index (χ0v) is 16.9. The van der Waals surface area contributed by atoms with Crippen molar-refractivity contribution in [2.24, 2.45) is 17.3 Å². The molecule has 27 heavy (non-hydrogen) atoms. The molecule has 148 valence electrons. The number of piperidine rings is 1. The van der Waals surface area contributed by atoms with Crippen molar-refractivity contribution in [3.05, 3.63) is 35.6 Å². The molecule has 1 aromatic rings. The largest absolute Gasteiger partial charge is 0.314 e. The number of halogens is 1. The first-order valence-corrected chi connectivity index (χ1v) is 11.2. The van der Waals surface area contributed by atoms with Crippen LogP contribution in [0.5, 0.6) is 0 Å². The fraction of sp³-hybridized carbons (Fsp3) is 0.750. The molecule has 2 atom stereocenters. The normalized spacial score (nSPS) is 39.2. The zero-order chi connectivity index (χ0) is 18.5. The van der Waals surface area contributed by atoms with Crippen molar-refractivity contribution in [1.82, 2.24) is 10.2 Å². The van der Waals surface area contributed by atoms with Crippen molar-refractivity contribution in [3.8, 4) is 0 Å². The predicted octanol–water partition coefficient (Wildman–Crippen LogP) is 4.74. The Morgan fingerprint density at radius 3 is 2.37 bits per heavy atom. The maximum atomic E-state index is 13.5. The number of rotatable bonds is 5. The topological polar surface area (TPSA) is 15.3 Å². The van der Waals surface area contributed by atoms with E-state index in [1.165, 1.54) is 83.0 Å². The van der Waals surface area contributed by atoms with Gasteiger partial charge in [0.2, 0.25) is 0 Å². The van der Waals surface area contributed by atoms with Crippen LogP contribution in [0.4, 0.5) is 4.39 Å². The van der Waals surface area contributed by atoms with E-state index in [9.17, 15) is 4.39 Å². The van der Waals surface area contributed by atoms with Crippen LogP contribution in [0.2, 0.25) is 0 Å². The fourth-order valence-electron chi connectivity index (χ4n) is 7.64. The molecule has 1 saturated heterocycles. The summed E-state index contributed by atoms with van der Waals surface area (Å²) in [5.74, 6) is 1.71. The summed E-state index contributed by atoms with van der Waals surface area (Å²) in [5.41, 5.74) is 2.30. The van der Waals surface area contributed by atoms with Crippen molar-refractivity contribution in [3.63, 3.8) is 0 Å². The lowest BCUT2D eigenvalue weighted by atomic mass is 9.42. The SMILES string of the molecule is CN1CCC(NCCC23CC4CC(C2)CC(c2ccc(F)cc2)(C4)C3)CC1. The maximum Gasteiger partial charge on any atom is 0.123 e. The van der Waals surface area contributed by atoms with E-state index in [-0.39, 0.29) is 5.82 Å². The lowest BCUT2D eigenvalue weighted by Gasteiger charge is -2.63. The minimum atomic E-state index is -0.0967. The van der Waals surface area contributed by atoms with Gasteiger partial charge in [-0.25, -0.2) is 4.39 Å². The van der Waals surface area contributed by atoms with Gasteiger partial charge < -0.3 is 10.2 Å². The number of benzene rings is 1. The standard InChI is InChI=1S/C24H35FN2/c1-27-10-6-22(7-11-27)26-9-8-23-13-18-12-19(14-23)16-24(15-18,17-23)20-2-4-21(25)5-3-20/h2-5,18-19,22,26H,6-17H2,1H3. The average Bonchev–Trinajstić information content (AvgIpc) is 2.63. The van der Waals surface area contributed by atoms with E-state index in [0.717, 1.165) is 17.9 Å². The molecule has 6 rings (SSSR count). The van der Waals surface area contributed by atoms with Crippen molar-refractivity contribution in [2.45, 2.75) is 69.2 Å². The average molecular weight is 371 g/mol. The lowest BCUT2D eigenvalue weighted by Crippen LogP contribution is -2.54. The zero-order valence-electron chi connectivity index (χ0n) is 16.9. The van der Waals surface area contributed by atoms with Crippen LogP contribution in [0.3, 0.4) is 0 Å². The van der Waals surface area contributed by atoms with Gasteiger partial charge in [0.1, 0.15) is 5.82 Å². The van der Waals surface area contributed by atoms with E-state index >= 15 is 0 Å². The van der Waals surface area contributed by atoms with Crippen molar-refractivity contribution in [1.29, 1.82) is 0 Å². The Kier molecular flexibility index (Phi) is 4.59. The minimum absolute atomic E-state index is 0.0967. The highest BCUT2D eigenvalue weighted by atomic mass is 19.1. The number of nitrogens with zero attached hydrogens (tertiary/aromatic N) is 1. The van der Waals surface area contributed by atoms with Gasteiger partial charge in [-0.05, 0) is 125 Å². The summed E-state index contributed by atoms with van der Waals surface area (Å²) in [6.45, 7) is 3.66. The predicted molar refractivity (Wildman–Crippen MR) is 108 cm³/mol. The second kappa shape index (κ2) is 6.84. The molecule has 1 heterocycles. The summed E-state index contributed by atoms with van der Waals surface area (Å²) in [6.07, 6.45) is 12.3. The first-order chi connectivity index (χ1) is 13.0. The van der Waals surface area contributed by atoms with Crippen LogP contribution in [-0.2, 0) is 5.41 Å². The van der Waals surface area contributed by atoms with Crippen LogP contribution in [0, 0.1) is 23.1 Å². The molecular formula is C24H35FN2. The van der Waals surface area contributed by atoms with Gasteiger partial charge in [0.25, 0.3) is 0 Å². The molecule has 1 aliphatic heterocycles. The number of hydrogen-bond acceptors (Lipinski definition) is 2. The van der Waals surface area contributed by atoms with Gasteiger partial charge in [-0.2, -0.15) is 0 Å². The molecule has 1 aromatic carbocycles. The van der Waals surface area contributed by atoms with Gasteiger partial charge in [0.15, 0.2) is 0 Å². The number of likely N-dealkylation sites (tertiary alicyclic amines) is 1. The molecule has 4 saturated carbocycles. The summed E-state index contributed by atoms with van der Waals surface area (Å²) in [4.78, 5) is 2.45. The molecule has 0 spiro atoms. The summed E-state index contributed by atoms with van der Waals surface area (Å²) in [7, 11) is 2.24. The number of nitrogens with one attached hydrogen (secondary N) is 1. The van der Waals surface area contributed by atoms with Crippen LogP contribution in [-0.4, -0.2) is 37.6 Å². The van der Waals surface area contributed by atoms with Crippen molar-refractivity contribution < 1.29 is 4.39 Å². The lowest BCUT2D eigenvalue weighted by molar-refractivity contribution is -0.0761. The van der Waals surface area contributed by atoms with E-state index in [4.69, 9.17) is 0 Å². The van der Waals surface area contributed by atoms with Gasteiger partial charge in [0.05, 0.1) is 0 Å². The van der Waals surface area contributed by atoms with Crippen LogP contribution in [0.25, 0.3) is 0 Å². The van der Waals surface area contributed by atoms with E-state index in [0.29, 0.717) is 10.8 Å². The van der Waals surface area contributed by atoms with E-state index in [1.807, 2.05) is 0 Å². The van der Waals surface area contributed by atoms with Crippen LogP contribution in [0.1, 0.15) is 63.4 Å². The maximum absolute atomic E-state index is 13.5. The Hall–Kier alpha value is -0.930. The van der Waals surface area contributed by atoms with Crippen LogP contribution >= 0.6 is 0 Å². The molecule has 2 unspecified atom stereocenters. The highest BCUT2D eigenvalue weighted by molar-refractivity contribution is 5.30. The highest BCUT2D eigenvalue weighted by Crippen LogP contribution is 2.66. The Bertz CT molecular complexity index is 647. The minimum Gasteiger partial charge on any atom is -0.314 e. The molecule has 2 nitrogen and oxygen atoms in total. The van der Waals surface area contributed by atoms with Crippen molar-refractivity contribution in [2.75, 3.05) is 26.7 Å². The molecular weight excluding hydrogens is 335 g/mol. The smallest absolute Gasteiger partial charge is 0.123 e. The first kappa shape index (κ1) is 18.1. The Morgan fingerprint density at radius 2 is 1.70 bits per heavy atom. The Balaban J connectivity index is 1.28. The quantitative estimate of drug-likeness (QED) is 0.805. The Labute approximate surface area is 163 Å². The van der Waals surface area contributed by atoms with Crippen LogP contribution in [0.15, 0.2) is 24.3 Å². The van der Waals surface area contributed by atoms with E-state index in [1.54, 1.807) is 12.1 Å². The number of hydrogen-bond donors (Lipinski definition) is 1.